The lowest BCUT2D eigenvalue weighted by atomic mass is 9.79. The monoisotopic (exact) mass is 712 g/mol. The third kappa shape index (κ3) is 5.06. The molecule has 1 nitrogen and oxygen atoms in total. The van der Waals surface area contributed by atoms with Crippen molar-refractivity contribution in [2.45, 2.75) is 66.2 Å². The van der Waals surface area contributed by atoms with E-state index in [1.807, 2.05) is 0 Å². The van der Waals surface area contributed by atoms with E-state index in [4.69, 9.17) is 4.42 Å². The predicted molar refractivity (Wildman–Crippen MR) is 236 cm³/mol. The Morgan fingerprint density at radius 2 is 1.07 bits per heavy atom. The molecule has 55 heavy (non-hydrogen) atoms. The van der Waals surface area contributed by atoms with Gasteiger partial charge in [-0.05, 0) is 128 Å². The summed E-state index contributed by atoms with van der Waals surface area (Å²) in [5, 5.41) is 6.10. The molecular formula is C54H48O. The van der Waals surface area contributed by atoms with E-state index in [-0.39, 0.29) is 10.8 Å². The van der Waals surface area contributed by atoms with Crippen LogP contribution in [-0.2, 0) is 10.8 Å². The van der Waals surface area contributed by atoms with Gasteiger partial charge in [0.25, 0.3) is 0 Å². The summed E-state index contributed by atoms with van der Waals surface area (Å²) in [6.07, 6.45) is 8.75. The third-order valence-electron chi connectivity index (χ3n) is 12.5. The predicted octanol–water partition coefficient (Wildman–Crippen LogP) is 13.6. The lowest BCUT2D eigenvalue weighted by molar-refractivity contribution is 0.603. The van der Waals surface area contributed by atoms with Crippen molar-refractivity contribution in [2.24, 2.45) is 0 Å². The second-order valence-corrected chi connectivity index (χ2v) is 16.2. The van der Waals surface area contributed by atoms with Gasteiger partial charge in [-0.2, -0.15) is 0 Å². The van der Waals surface area contributed by atoms with Gasteiger partial charge in [-0.15, -0.1) is 0 Å². The van der Waals surface area contributed by atoms with E-state index in [0.29, 0.717) is 0 Å². The second-order valence-electron chi connectivity index (χ2n) is 16.2. The van der Waals surface area contributed by atoms with Crippen LogP contribution in [0.4, 0.5) is 0 Å². The van der Waals surface area contributed by atoms with Crippen molar-refractivity contribution in [3.63, 3.8) is 0 Å². The number of rotatable bonds is 3. The lowest BCUT2D eigenvalue weighted by Crippen LogP contribution is -2.27. The summed E-state index contributed by atoms with van der Waals surface area (Å²) in [4.78, 5) is 0. The normalized spacial score (nSPS) is 15.3. The highest BCUT2D eigenvalue weighted by atomic mass is 16.3. The van der Waals surface area contributed by atoms with Crippen molar-refractivity contribution >= 4 is 40.0 Å². The van der Waals surface area contributed by atoms with Crippen LogP contribution >= 0.6 is 0 Å². The molecule has 1 heteroatoms. The number of aryl methyl sites for hydroxylation is 1. The molecule has 0 N–H and O–H groups in total. The highest BCUT2D eigenvalue weighted by Crippen LogP contribution is 2.56. The van der Waals surface area contributed by atoms with Gasteiger partial charge in [-0.1, -0.05) is 155 Å². The van der Waals surface area contributed by atoms with Crippen LogP contribution in [0.5, 0.6) is 0 Å². The number of hydrogen-bond donors (Lipinski definition) is 0. The number of furan rings is 1. The van der Waals surface area contributed by atoms with Crippen LogP contribution < -0.4 is 10.4 Å². The van der Waals surface area contributed by atoms with Crippen LogP contribution in [0.2, 0.25) is 0 Å². The van der Waals surface area contributed by atoms with E-state index >= 15 is 0 Å². The van der Waals surface area contributed by atoms with Crippen LogP contribution in [0, 0.1) is 6.92 Å². The molecule has 2 aliphatic carbocycles. The fraction of sp³-hybridized carbons (Fsp3) is 0.185. The SMILES string of the molecule is C/C=C\c1oc2c(c1C)c1c(c3ccccc32)-c2cc(-c3ccccccc(-c4ccc5c(c4)C(C)(C)c4ccccc4-5)c(=C/C)/c3=C\C)ccc2C1(C)C. The molecule has 1 aromatic heterocycles. The topological polar surface area (TPSA) is 13.1 Å². The maximum absolute atomic E-state index is 6.66. The average molecular weight is 713 g/mol. The van der Waals surface area contributed by atoms with Gasteiger partial charge in [0.1, 0.15) is 11.3 Å². The molecule has 0 saturated carbocycles. The van der Waals surface area contributed by atoms with Crippen LogP contribution in [0.25, 0.3) is 84.5 Å². The Kier molecular flexibility index (Phi) is 8.13. The van der Waals surface area contributed by atoms with Gasteiger partial charge < -0.3 is 4.42 Å². The third-order valence-corrected chi connectivity index (χ3v) is 12.5. The van der Waals surface area contributed by atoms with E-state index < -0.39 is 0 Å². The van der Waals surface area contributed by atoms with Gasteiger partial charge in [0.05, 0.1) is 0 Å². The van der Waals surface area contributed by atoms with E-state index in [1.165, 1.54) is 93.5 Å². The molecule has 0 bridgehead atoms. The van der Waals surface area contributed by atoms with Gasteiger partial charge in [-0.3, -0.25) is 0 Å². The molecule has 9 rings (SSSR count). The van der Waals surface area contributed by atoms with Crippen molar-refractivity contribution in [3.8, 4) is 44.5 Å². The Morgan fingerprint density at radius 1 is 0.509 bits per heavy atom. The fourth-order valence-corrected chi connectivity index (χ4v) is 9.89. The number of allylic oxidation sites excluding steroid dienone is 1. The molecule has 0 unspecified atom stereocenters. The van der Waals surface area contributed by atoms with E-state index in [2.05, 4.69) is 201 Å². The molecule has 270 valence electrons. The molecule has 0 aliphatic heterocycles. The maximum atomic E-state index is 6.66. The van der Waals surface area contributed by atoms with E-state index in [1.54, 1.807) is 0 Å². The Hall–Kier alpha value is -5.92. The molecule has 0 radical (unpaired) electrons. The zero-order chi connectivity index (χ0) is 38.2. The second kappa shape index (κ2) is 12.8. The minimum atomic E-state index is -0.211. The molecule has 2 aliphatic rings. The van der Waals surface area contributed by atoms with Gasteiger partial charge in [-0.25, -0.2) is 0 Å². The fourth-order valence-electron chi connectivity index (χ4n) is 9.89. The van der Waals surface area contributed by atoms with Crippen molar-refractivity contribution in [1.29, 1.82) is 0 Å². The van der Waals surface area contributed by atoms with Gasteiger partial charge in [0, 0.05) is 27.2 Å². The molecular weight excluding hydrogens is 665 g/mol. The largest absolute Gasteiger partial charge is 0.456 e. The Morgan fingerprint density at radius 3 is 1.76 bits per heavy atom. The number of benzene rings is 5. The summed E-state index contributed by atoms with van der Waals surface area (Å²) < 4.78 is 6.66. The van der Waals surface area contributed by atoms with Crippen molar-refractivity contribution < 1.29 is 4.42 Å². The summed E-state index contributed by atoms with van der Waals surface area (Å²) in [5.41, 5.74) is 17.6. The highest BCUT2D eigenvalue weighted by Gasteiger charge is 2.40. The van der Waals surface area contributed by atoms with Crippen molar-refractivity contribution in [1.82, 2.24) is 0 Å². The highest BCUT2D eigenvalue weighted by molar-refractivity contribution is 6.17. The van der Waals surface area contributed by atoms with Gasteiger partial charge in [0.15, 0.2) is 0 Å². The molecule has 0 saturated heterocycles. The van der Waals surface area contributed by atoms with Gasteiger partial charge >= 0.3 is 0 Å². The molecule has 7 aromatic rings. The van der Waals surface area contributed by atoms with Crippen molar-refractivity contribution in [2.75, 3.05) is 0 Å². The zero-order valence-corrected chi connectivity index (χ0v) is 33.3. The smallest absolute Gasteiger partial charge is 0.143 e. The molecule has 0 fully saturated rings. The summed E-state index contributed by atoms with van der Waals surface area (Å²) in [5.74, 6) is 0.938. The molecule has 1 heterocycles. The number of fused-ring (bicyclic) bond motifs is 11. The first-order valence-electron chi connectivity index (χ1n) is 19.7. The lowest BCUT2D eigenvalue weighted by Gasteiger charge is -2.23. The van der Waals surface area contributed by atoms with Crippen LogP contribution in [-0.4, -0.2) is 0 Å². The summed E-state index contributed by atoms with van der Waals surface area (Å²) in [6, 6.07) is 45.2. The molecule has 0 spiro atoms. The summed E-state index contributed by atoms with van der Waals surface area (Å²) in [6.45, 7) is 18.1. The Bertz CT molecular complexity index is 2960. The quantitative estimate of drug-likeness (QED) is 0.178. The molecule has 6 aromatic carbocycles. The van der Waals surface area contributed by atoms with Crippen molar-refractivity contribution in [3.05, 3.63) is 171 Å². The minimum Gasteiger partial charge on any atom is -0.456 e. The Balaban J connectivity index is 1.31. The van der Waals surface area contributed by atoms with E-state index in [0.717, 1.165) is 16.7 Å². The molecule has 0 atom stereocenters. The van der Waals surface area contributed by atoms with Gasteiger partial charge in [0.2, 0.25) is 0 Å². The Labute approximate surface area is 325 Å². The van der Waals surface area contributed by atoms with Crippen LogP contribution in [0.15, 0.2) is 132 Å². The molecule has 0 amide bonds. The van der Waals surface area contributed by atoms with Crippen LogP contribution in [0.1, 0.15) is 82.0 Å². The summed E-state index contributed by atoms with van der Waals surface area (Å²) >= 11 is 0. The van der Waals surface area contributed by atoms with Crippen LogP contribution in [0.3, 0.4) is 0 Å². The maximum Gasteiger partial charge on any atom is 0.143 e. The first kappa shape index (κ1) is 34.8. The minimum absolute atomic E-state index is 0.0743. The standard InChI is InChI=1S/C54H48O/c1-9-20-48-33(4)49-51-50(42-24-16-17-25-43(42)52(49)55-48)44-31-34(28-30-46(44)54(51,7)8)38-21-14-12-13-15-22-39(37(11-3)36(38)10-2)35-27-29-41-40-23-18-19-26-45(40)53(5,6)47(41)32-35/h9-32H,1-8H3/b14-12?,15-13?,20-9-,36-10+,37-11+,38-21?,39-22?. The number of hydrogen-bond acceptors (Lipinski definition) is 1. The summed E-state index contributed by atoms with van der Waals surface area (Å²) in [7, 11) is 0. The van der Waals surface area contributed by atoms with E-state index in [9.17, 15) is 0 Å². The average Bonchev–Trinajstić information content (AvgIpc) is 3.73. The first-order valence-corrected chi connectivity index (χ1v) is 19.7. The zero-order valence-electron chi connectivity index (χ0n) is 33.3. The first-order chi connectivity index (χ1) is 26.6.